The van der Waals surface area contributed by atoms with Crippen molar-refractivity contribution in [2.75, 3.05) is 0 Å². The second-order valence-electron chi connectivity index (χ2n) is 6.53. The molecule has 0 fully saturated rings. The van der Waals surface area contributed by atoms with Gasteiger partial charge in [0.15, 0.2) is 11.4 Å². The van der Waals surface area contributed by atoms with Crippen molar-refractivity contribution in [2.45, 2.75) is 85.1 Å². The fourth-order valence-electron chi connectivity index (χ4n) is 3.48. The molecule has 0 N–H and O–H groups in total. The third-order valence-electron chi connectivity index (χ3n) is 4.77. The first kappa shape index (κ1) is 19.2. The van der Waals surface area contributed by atoms with Gasteiger partial charge in [-0.3, -0.25) is 0 Å². The Balaban J connectivity index is 0.00000242. The molecule has 2 heteroatoms. The summed E-state index contributed by atoms with van der Waals surface area (Å²) in [6, 6.07) is 2.39. The molecule has 1 aromatic heterocycles. The first-order chi connectivity index (χ1) is 10.2. The van der Waals surface area contributed by atoms with E-state index in [1.54, 1.807) is 0 Å². The molecule has 0 saturated heterocycles. The average molecular weight is 322 g/mol. The molecule has 1 aliphatic rings. The Morgan fingerprint density at radius 3 is 2.59 bits per heavy atom. The fourth-order valence-corrected chi connectivity index (χ4v) is 3.48. The fraction of sp³-hybridized carbons (Fsp3) is 0.650. The molecule has 0 atom stereocenters. The summed E-state index contributed by atoms with van der Waals surface area (Å²) in [5, 5.41) is 0. The standard InChI is InChI=1S/C20H32N.ClH/c1-4-5-6-7-8-9-10-11-14-20-17(2)16-19-13-12-15-21(19)18(20)3;/h11,14,16H,4-10,12-13,15H2,1-3H3;1H/q+1;/p-1/b14-11+;. The van der Waals surface area contributed by atoms with Gasteiger partial charge < -0.3 is 12.4 Å². The van der Waals surface area contributed by atoms with E-state index in [-0.39, 0.29) is 12.4 Å². The lowest BCUT2D eigenvalue weighted by molar-refractivity contribution is -0.696. The van der Waals surface area contributed by atoms with E-state index >= 15 is 0 Å². The van der Waals surface area contributed by atoms with E-state index in [0.717, 1.165) is 0 Å². The molecule has 2 heterocycles. The Kier molecular flexibility index (Phi) is 8.78. The summed E-state index contributed by atoms with van der Waals surface area (Å²) in [7, 11) is 0. The highest BCUT2D eigenvalue weighted by Gasteiger charge is 2.23. The van der Waals surface area contributed by atoms with Crippen LogP contribution in [0.25, 0.3) is 6.08 Å². The number of aryl methyl sites for hydroxylation is 2. The Morgan fingerprint density at radius 1 is 1.09 bits per heavy atom. The van der Waals surface area contributed by atoms with Gasteiger partial charge in [-0.05, 0) is 25.3 Å². The molecular formula is C20H32ClN. The molecule has 0 unspecified atom stereocenters. The highest BCUT2D eigenvalue weighted by molar-refractivity contribution is 5.54. The van der Waals surface area contributed by atoms with E-state index in [0.29, 0.717) is 0 Å². The van der Waals surface area contributed by atoms with Crippen molar-refractivity contribution >= 4 is 6.08 Å². The zero-order valence-corrected chi connectivity index (χ0v) is 15.4. The van der Waals surface area contributed by atoms with Gasteiger partial charge in [0.25, 0.3) is 0 Å². The lowest BCUT2D eigenvalue weighted by Crippen LogP contribution is -3.00. The van der Waals surface area contributed by atoms with Gasteiger partial charge in [-0.15, -0.1) is 0 Å². The van der Waals surface area contributed by atoms with Crippen molar-refractivity contribution in [2.24, 2.45) is 0 Å². The summed E-state index contributed by atoms with van der Waals surface area (Å²) in [6.45, 7) is 8.03. The number of halogens is 1. The molecule has 22 heavy (non-hydrogen) atoms. The summed E-state index contributed by atoms with van der Waals surface area (Å²) >= 11 is 0. The van der Waals surface area contributed by atoms with Gasteiger partial charge in [0.05, 0.1) is 0 Å². The molecule has 0 amide bonds. The van der Waals surface area contributed by atoms with Gasteiger partial charge in [-0.25, -0.2) is 0 Å². The number of pyridine rings is 1. The van der Waals surface area contributed by atoms with Crippen molar-refractivity contribution in [1.29, 1.82) is 0 Å². The van der Waals surface area contributed by atoms with Crippen LogP contribution in [0.3, 0.4) is 0 Å². The maximum atomic E-state index is 2.51. The molecule has 1 nitrogen and oxygen atoms in total. The van der Waals surface area contributed by atoms with Crippen LogP contribution in [0.2, 0.25) is 0 Å². The molecule has 0 radical (unpaired) electrons. The zero-order valence-electron chi connectivity index (χ0n) is 14.6. The number of allylic oxidation sites excluding steroid dienone is 1. The van der Waals surface area contributed by atoms with E-state index in [4.69, 9.17) is 0 Å². The number of rotatable bonds is 8. The van der Waals surface area contributed by atoms with Gasteiger partial charge >= 0.3 is 0 Å². The van der Waals surface area contributed by atoms with E-state index in [9.17, 15) is 0 Å². The second-order valence-corrected chi connectivity index (χ2v) is 6.53. The van der Waals surface area contributed by atoms with Gasteiger partial charge in [-0.2, -0.15) is 4.57 Å². The van der Waals surface area contributed by atoms with Crippen LogP contribution in [-0.4, -0.2) is 0 Å². The topological polar surface area (TPSA) is 3.88 Å². The molecule has 0 aromatic carbocycles. The molecule has 0 spiro atoms. The molecule has 124 valence electrons. The quantitative estimate of drug-likeness (QED) is 0.511. The first-order valence-electron chi connectivity index (χ1n) is 8.93. The summed E-state index contributed by atoms with van der Waals surface area (Å²) in [4.78, 5) is 0. The normalized spacial score (nSPS) is 13.4. The van der Waals surface area contributed by atoms with Gasteiger partial charge in [0, 0.05) is 31.4 Å². The monoisotopic (exact) mass is 321 g/mol. The van der Waals surface area contributed by atoms with Crippen LogP contribution in [-0.2, 0) is 13.0 Å². The van der Waals surface area contributed by atoms with Gasteiger partial charge in [-0.1, -0.05) is 51.2 Å². The van der Waals surface area contributed by atoms with Crippen molar-refractivity contribution < 1.29 is 17.0 Å². The molecule has 2 rings (SSSR count). The summed E-state index contributed by atoms with van der Waals surface area (Å²) in [5.74, 6) is 0. The molecule has 0 bridgehead atoms. The van der Waals surface area contributed by atoms with Crippen LogP contribution in [0.4, 0.5) is 0 Å². The molecule has 0 aliphatic carbocycles. The number of hydrogen-bond donors (Lipinski definition) is 0. The number of fused-ring (bicyclic) bond motifs is 1. The SMILES string of the molecule is CCCCCCCC/C=C/c1c(C)cc2[n+](c1C)CCC2.[Cl-]. The maximum absolute atomic E-state index is 2.51. The molecule has 1 aliphatic heterocycles. The molecule has 1 aromatic rings. The lowest BCUT2D eigenvalue weighted by atomic mass is 10.0. The third-order valence-corrected chi connectivity index (χ3v) is 4.77. The Bertz CT molecular complexity index is 491. The van der Waals surface area contributed by atoms with Crippen LogP contribution < -0.4 is 17.0 Å². The van der Waals surface area contributed by atoms with Crippen LogP contribution in [0.5, 0.6) is 0 Å². The predicted octanol–water partition coefficient (Wildman–Crippen LogP) is 2.30. The van der Waals surface area contributed by atoms with Crippen LogP contribution >= 0.6 is 0 Å². The molecule has 0 saturated carbocycles. The third kappa shape index (κ3) is 5.12. The predicted molar refractivity (Wildman–Crippen MR) is 91.5 cm³/mol. The lowest BCUT2D eigenvalue weighted by Gasteiger charge is -2.06. The van der Waals surface area contributed by atoms with Crippen LogP contribution in [0, 0.1) is 13.8 Å². The number of unbranched alkanes of at least 4 members (excludes halogenated alkanes) is 6. The second kappa shape index (κ2) is 10.0. The van der Waals surface area contributed by atoms with Crippen LogP contribution in [0.15, 0.2) is 12.1 Å². The number of nitrogens with zero attached hydrogens (tertiary/aromatic N) is 1. The maximum Gasteiger partial charge on any atom is 0.185 e. The van der Waals surface area contributed by atoms with E-state index in [1.165, 1.54) is 86.8 Å². The van der Waals surface area contributed by atoms with Crippen molar-refractivity contribution in [3.8, 4) is 0 Å². The summed E-state index contributed by atoms with van der Waals surface area (Å²) in [6.07, 6.45) is 16.8. The van der Waals surface area contributed by atoms with E-state index in [2.05, 4.69) is 43.6 Å². The first-order valence-corrected chi connectivity index (χ1v) is 8.93. The van der Waals surface area contributed by atoms with Crippen molar-refractivity contribution in [1.82, 2.24) is 0 Å². The van der Waals surface area contributed by atoms with Crippen LogP contribution in [0.1, 0.15) is 80.8 Å². The Labute approximate surface area is 143 Å². The number of aromatic nitrogens is 1. The van der Waals surface area contributed by atoms with Crippen molar-refractivity contribution in [3.05, 3.63) is 34.7 Å². The minimum Gasteiger partial charge on any atom is -1.00 e. The minimum atomic E-state index is 0. The summed E-state index contributed by atoms with van der Waals surface area (Å²) in [5.41, 5.74) is 5.88. The summed E-state index contributed by atoms with van der Waals surface area (Å²) < 4.78 is 2.51. The smallest absolute Gasteiger partial charge is 0.185 e. The van der Waals surface area contributed by atoms with Crippen molar-refractivity contribution in [3.63, 3.8) is 0 Å². The van der Waals surface area contributed by atoms with Gasteiger partial charge in [0.1, 0.15) is 6.54 Å². The number of hydrogen-bond acceptors (Lipinski definition) is 0. The van der Waals surface area contributed by atoms with E-state index < -0.39 is 0 Å². The largest absolute Gasteiger partial charge is 1.00 e. The average Bonchev–Trinajstić information content (AvgIpc) is 2.93. The minimum absolute atomic E-state index is 0. The highest BCUT2D eigenvalue weighted by Crippen LogP contribution is 2.18. The Morgan fingerprint density at radius 2 is 1.82 bits per heavy atom. The zero-order chi connectivity index (χ0) is 15.1. The van der Waals surface area contributed by atoms with Gasteiger partial charge in [0.2, 0.25) is 0 Å². The highest BCUT2D eigenvalue weighted by atomic mass is 35.5. The van der Waals surface area contributed by atoms with E-state index in [1.807, 2.05) is 0 Å². The Hall–Kier alpha value is -0.820. The molecular weight excluding hydrogens is 290 g/mol.